The predicted molar refractivity (Wildman–Crippen MR) is 114 cm³/mol. The molecule has 0 N–H and O–H groups in total. The number of alkyl halides is 3. The molecular formula is C24H13F3OS. The van der Waals surface area contributed by atoms with Crippen LogP contribution in [0.4, 0.5) is 13.2 Å². The molecule has 0 saturated heterocycles. The van der Waals surface area contributed by atoms with Gasteiger partial charge < -0.3 is 4.42 Å². The summed E-state index contributed by atoms with van der Waals surface area (Å²) < 4.78 is 47.2. The fourth-order valence-electron chi connectivity index (χ4n) is 4.16. The highest BCUT2D eigenvalue weighted by atomic mass is 32.1. The van der Waals surface area contributed by atoms with Gasteiger partial charge in [0.05, 0.1) is 5.56 Å². The van der Waals surface area contributed by atoms with Gasteiger partial charge in [0.2, 0.25) is 0 Å². The zero-order valence-electron chi connectivity index (χ0n) is 15.2. The monoisotopic (exact) mass is 406 g/mol. The summed E-state index contributed by atoms with van der Waals surface area (Å²) in [7, 11) is 0. The maximum atomic E-state index is 13.1. The van der Waals surface area contributed by atoms with Crippen molar-refractivity contribution in [2.75, 3.05) is 0 Å². The van der Waals surface area contributed by atoms with Crippen LogP contribution < -0.4 is 0 Å². The molecule has 0 atom stereocenters. The standard InChI is InChI=1S/C24H13F3OS/c1-12-2-4-14-16-6-9-19-17(22(16)28-20(14)10-12)7-8-18-15-5-3-13(24(25,26)27)11-21(15)29-23(18)19/h2-11H,1H3. The molecule has 0 unspecified atom stereocenters. The van der Waals surface area contributed by atoms with Crippen molar-refractivity contribution in [2.24, 2.45) is 0 Å². The topological polar surface area (TPSA) is 13.1 Å². The minimum atomic E-state index is -4.34. The normalized spacial score (nSPS) is 12.8. The smallest absolute Gasteiger partial charge is 0.416 e. The fourth-order valence-corrected chi connectivity index (χ4v) is 5.43. The molecule has 0 bridgehead atoms. The lowest BCUT2D eigenvalue weighted by Crippen LogP contribution is -2.03. The zero-order valence-corrected chi connectivity index (χ0v) is 16.0. The molecule has 6 rings (SSSR count). The van der Waals surface area contributed by atoms with E-state index in [-0.39, 0.29) is 0 Å². The molecule has 0 aliphatic rings. The SMILES string of the molecule is Cc1ccc2c(c1)oc1c2ccc2c1ccc1c3ccc(C(F)(F)F)cc3sc12. The second kappa shape index (κ2) is 5.51. The van der Waals surface area contributed by atoms with Crippen molar-refractivity contribution < 1.29 is 17.6 Å². The third kappa shape index (κ3) is 2.34. The number of hydrogen-bond acceptors (Lipinski definition) is 2. The molecule has 0 spiro atoms. The van der Waals surface area contributed by atoms with Gasteiger partial charge in [-0.15, -0.1) is 11.3 Å². The van der Waals surface area contributed by atoms with Crippen LogP contribution >= 0.6 is 11.3 Å². The van der Waals surface area contributed by atoms with E-state index in [0.717, 1.165) is 59.8 Å². The number of hydrogen-bond donors (Lipinski definition) is 0. The first-order chi connectivity index (χ1) is 13.9. The number of benzene rings is 4. The molecule has 29 heavy (non-hydrogen) atoms. The van der Waals surface area contributed by atoms with Crippen molar-refractivity contribution in [2.45, 2.75) is 13.1 Å². The molecule has 5 heteroatoms. The van der Waals surface area contributed by atoms with Crippen LogP contribution in [0.1, 0.15) is 11.1 Å². The van der Waals surface area contributed by atoms with Gasteiger partial charge in [0.1, 0.15) is 11.2 Å². The number of furan rings is 1. The van der Waals surface area contributed by atoms with E-state index in [2.05, 4.69) is 18.2 Å². The van der Waals surface area contributed by atoms with Gasteiger partial charge in [-0.3, -0.25) is 0 Å². The zero-order chi connectivity index (χ0) is 19.9. The third-order valence-electron chi connectivity index (χ3n) is 5.55. The minimum Gasteiger partial charge on any atom is -0.455 e. The Labute approximate surface area is 167 Å². The van der Waals surface area contributed by atoms with E-state index in [9.17, 15) is 13.2 Å². The first-order valence-electron chi connectivity index (χ1n) is 9.18. The Hall–Kier alpha value is -3.05. The van der Waals surface area contributed by atoms with Gasteiger partial charge in [-0.25, -0.2) is 0 Å². The van der Waals surface area contributed by atoms with E-state index in [1.165, 1.54) is 17.4 Å². The number of rotatable bonds is 0. The second-order valence-electron chi connectivity index (χ2n) is 7.39. The summed E-state index contributed by atoms with van der Waals surface area (Å²) in [5.41, 5.74) is 2.18. The van der Waals surface area contributed by atoms with E-state index in [4.69, 9.17) is 4.42 Å². The second-order valence-corrected chi connectivity index (χ2v) is 8.44. The van der Waals surface area contributed by atoms with Crippen molar-refractivity contribution in [3.8, 4) is 0 Å². The molecule has 0 fully saturated rings. The van der Waals surface area contributed by atoms with Gasteiger partial charge in [-0.1, -0.05) is 30.3 Å². The summed E-state index contributed by atoms with van der Waals surface area (Å²) in [5, 5.41) is 5.91. The summed E-state index contributed by atoms with van der Waals surface area (Å²) in [5.74, 6) is 0. The van der Waals surface area contributed by atoms with E-state index in [1.54, 1.807) is 6.07 Å². The van der Waals surface area contributed by atoms with E-state index in [1.807, 2.05) is 31.2 Å². The first-order valence-corrected chi connectivity index (χ1v) is 10.00. The highest BCUT2D eigenvalue weighted by Gasteiger charge is 2.30. The molecule has 0 radical (unpaired) electrons. The Morgan fingerprint density at radius 2 is 1.34 bits per heavy atom. The molecule has 2 heterocycles. The Bertz CT molecular complexity index is 1600. The lowest BCUT2D eigenvalue weighted by Gasteiger charge is -2.05. The van der Waals surface area contributed by atoms with Crippen LogP contribution in [0.25, 0.3) is 52.9 Å². The van der Waals surface area contributed by atoms with Gasteiger partial charge in [-0.05, 0) is 42.8 Å². The summed E-state index contributed by atoms with van der Waals surface area (Å²) in [6, 6.07) is 18.2. The lowest BCUT2D eigenvalue weighted by atomic mass is 10.0. The highest BCUT2D eigenvalue weighted by Crippen LogP contribution is 2.43. The average Bonchev–Trinajstić information content (AvgIpc) is 3.24. The van der Waals surface area contributed by atoms with Crippen molar-refractivity contribution in [3.63, 3.8) is 0 Å². The van der Waals surface area contributed by atoms with Gasteiger partial charge in [-0.2, -0.15) is 13.2 Å². The van der Waals surface area contributed by atoms with E-state index in [0.29, 0.717) is 4.70 Å². The predicted octanol–water partition coefficient (Wildman–Crippen LogP) is 8.43. The van der Waals surface area contributed by atoms with Gasteiger partial charge in [0.25, 0.3) is 0 Å². The average molecular weight is 406 g/mol. The Morgan fingerprint density at radius 1 is 0.724 bits per heavy atom. The highest BCUT2D eigenvalue weighted by molar-refractivity contribution is 7.26. The van der Waals surface area contributed by atoms with Crippen molar-refractivity contribution >= 4 is 64.2 Å². The van der Waals surface area contributed by atoms with Gasteiger partial charge >= 0.3 is 6.18 Å². The molecule has 4 aromatic carbocycles. The first kappa shape index (κ1) is 16.9. The fraction of sp³-hybridized carbons (Fsp3) is 0.0833. The maximum absolute atomic E-state index is 13.1. The Morgan fingerprint density at radius 3 is 2.10 bits per heavy atom. The molecule has 142 valence electrons. The third-order valence-corrected chi connectivity index (χ3v) is 6.75. The number of halogens is 3. The van der Waals surface area contributed by atoms with E-state index >= 15 is 0 Å². The quantitative estimate of drug-likeness (QED) is 0.247. The summed E-state index contributed by atoms with van der Waals surface area (Å²) in [4.78, 5) is 0. The minimum absolute atomic E-state index is 0.615. The summed E-state index contributed by atoms with van der Waals surface area (Å²) in [6.45, 7) is 2.03. The largest absolute Gasteiger partial charge is 0.455 e. The van der Waals surface area contributed by atoms with Crippen LogP contribution in [0, 0.1) is 6.92 Å². The summed E-state index contributed by atoms with van der Waals surface area (Å²) in [6.07, 6.45) is -4.34. The van der Waals surface area contributed by atoms with Crippen LogP contribution in [0.2, 0.25) is 0 Å². The van der Waals surface area contributed by atoms with Gasteiger partial charge in [0, 0.05) is 41.7 Å². The van der Waals surface area contributed by atoms with Crippen molar-refractivity contribution in [1.82, 2.24) is 0 Å². The molecule has 1 nitrogen and oxygen atoms in total. The van der Waals surface area contributed by atoms with Crippen LogP contribution in [0.3, 0.4) is 0 Å². The molecular weight excluding hydrogens is 393 g/mol. The molecule has 0 aliphatic heterocycles. The number of fused-ring (bicyclic) bond motifs is 9. The van der Waals surface area contributed by atoms with Crippen LogP contribution in [-0.4, -0.2) is 0 Å². The number of aryl methyl sites for hydroxylation is 1. The van der Waals surface area contributed by atoms with Crippen LogP contribution in [0.5, 0.6) is 0 Å². The van der Waals surface area contributed by atoms with E-state index < -0.39 is 11.7 Å². The lowest BCUT2D eigenvalue weighted by molar-refractivity contribution is -0.137. The molecule has 0 amide bonds. The molecule has 0 saturated carbocycles. The van der Waals surface area contributed by atoms with Crippen LogP contribution in [-0.2, 0) is 6.18 Å². The molecule has 6 aromatic rings. The molecule has 2 aromatic heterocycles. The maximum Gasteiger partial charge on any atom is 0.416 e. The van der Waals surface area contributed by atoms with Crippen molar-refractivity contribution in [3.05, 3.63) is 71.8 Å². The van der Waals surface area contributed by atoms with Gasteiger partial charge in [0.15, 0.2) is 0 Å². The van der Waals surface area contributed by atoms with Crippen LogP contribution in [0.15, 0.2) is 65.1 Å². The molecule has 0 aliphatic carbocycles. The Balaban J connectivity index is 1.71. The van der Waals surface area contributed by atoms with Crippen molar-refractivity contribution in [1.29, 1.82) is 0 Å². The number of thiophene rings is 1. The summed E-state index contributed by atoms with van der Waals surface area (Å²) >= 11 is 1.40. The Kier molecular flexibility index (Phi) is 3.21.